The molecule has 1 unspecified atom stereocenters. The quantitative estimate of drug-likeness (QED) is 0.779. The van der Waals surface area contributed by atoms with Crippen molar-refractivity contribution >= 4 is 5.91 Å². The minimum atomic E-state index is -0.0934. The lowest BCUT2D eigenvalue weighted by Crippen LogP contribution is -2.42. The van der Waals surface area contributed by atoms with Crippen molar-refractivity contribution in [3.63, 3.8) is 0 Å². The molecule has 0 radical (unpaired) electrons. The van der Waals surface area contributed by atoms with Crippen molar-refractivity contribution in [1.82, 2.24) is 24.8 Å². The number of nitrogens with one attached hydrogen (secondary N) is 1. The molecule has 1 atom stereocenters. The molecule has 2 fully saturated rings. The number of amides is 1. The number of carbonyl (C=O) groups excluding carboxylic acids is 1. The van der Waals surface area contributed by atoms with E-state index in [0.717, 1.165) is 62.1 Å². The van der Waals surface area contributed by atoms with E-state index in [9.17, 15) is 9.59 Å². The molecular weight excluding hydrogens is 402 g/mol. The van der Waals surface area contributed by atoms with E-state index in [1.165, 1.54) is 25.7 Å². The second kappa shape index (κ2) is 9.53. The van der Waals surface area contributed by atoms with Gasteiger partial charge in [-0.15, -0.1) is 0 Å². The molecule has 3 aliphatic rings. The molecule has 2 aliphatic heterocycles. The van der Waals surface area contributed by atoms with E-state index in [1.54, 1.807) is 6.20 Å². The number of pyridine rings is 1. The Hall–Kier alpha value is -2.54. The Bertz CT molecular complexity index is 999. The summed E-state index contributed by atoms with van der Waals surface area (Å²) in [5, 5.41) is 0. The number of piperidine rings is 1. The predicted octanol–water partition coefficient (Wildman–Crippen LogP) is 3.36. The first kappa shape index (κ1) is 21.3. The number of fused-ring (bicyclic) bond motifs is 1. The van der Waals surface area contributed by atoms with E-state index >= 15 is 0 Å². The number of aromatic nitrogens is 3. The second-order valence-corrected chi connectivity index (χ2v) is 9.65. The highest BCUT2D eigenvalue weighted by Gasteiger charge is 2.32. The minimum Gasteiger partial charge on any atom is -0.333 e. The minimum absolute atomic E-state index is 0.0466. The van der Waals surface area contributed by atoms with Crippen LogP contribution in [0, 0.1) is 5.92 Å². The van der Waals surface area contributed by atoms with Gasteiger partial charge < -0.3 is 9.88 Å². The van der Waals surface area contributed by atoms with Crippen molar-refractivity contribution in [2.24, 2.45) is 5.92 Å². The van der Waals surface area contributed by atoms with E-state index in [0.29, 0.717) is 24.7 Å². The Morgan fingerprint density at radius 2 is 1.97 bits per heavy atom. The molecule has 2 aromatic heterocycles. The van der Waals surface area contributed by atoms with Gasteiger partial charge in [-0.1, -0.05) is 18.9 Å². The number of carbonyl (C=O) groups is 1. The smallest absolute Gasteiger partial charge is 0.255 e. The van der Waals surface area contributed by atoms with Gasteiger partial charge in [-0.3, -0.25) is 19.5 Å². The molecule has 170 valence electrons. The zero-order valence-electron chi connectivity index (χ0n) is 18.8. The van der Waals surface area contributed by atoms with Crippen LogP contribution in [0.2, 0.25) is 0 Å². The van der Waals surface area contributed by atoms with Crippen LogP contribution < -0.4 is 5.56 Å². The van der Waals surface area contributed by atoms with Crippen molar-refractivity contribution in [2.45, 2.75) is 76.9 Å². The fourth-order valence-electron chi connectivity index (χ4n) is 5.64. The highest BCUT2D eigenvalue weighted by atomic mass is 16.2. The largest absolute Gasteiger partial charge is 0.333 e. The van der Waals surface area contributed by atoms with Gasteiger partial charge in [-0.05, 0) is 49.7 Å². The second-order valence-electron chi connectivity index (χ2n) is 9.65. The molecule has 1 saturated heterocycles. The molecule has 0 aromatic carbocycles. The van der Waals surface area contributed by atoms with E-state index in [-0.39, 0.29) is 17.5 Å². The number of hydrogen-bond acceptors (Lipinski definition) is 5. The molecule has 32 heavy (non-hydrogen) atoms. The Kier molecular flexibility index (Phi) is 6.35. The summed E-state index contributed by atoms with van der Waals surface area (Å²) in [5.41, 5.74) is 2.77. The van der Waals surface area contributed by atoms with Crippen LogP contribution in [0.5, 0.6) is 0 Å². The first-order chi connectivity index (χ1) is 15.7. The number of rotatable bonds is 5. The fourth-order valence-corrected chi connectivity index (χ4v) is 5.64. The van der Waals surface area contributed by atoms with E-state index in [1.807, 2.05) is 17.2 Å². The molecule has 1 N–H and O–H groups in total. The van der Waals surface area contributed by atoms with Gasteiger partial charge in [0.05, 0.1) is 17.3 Å². The Labute approximate surface area is 189 Å². The highest BCUT2D eigenvalue weighted by molar-refractivity contribution is 5.77. The Morgan fingerprint density at radius 3 is 2.78 bits per heavy atom. The topological polar surface area (TPSA) is 82.2 Å². The molecule has 4 heterocycles. The van der Waals surface area contributed by atoms with Crippen LogP contribution >= 0.6 is 0 Å². The van der Waals surface area contributed by atoms with Gasteiger partial charge >= 0.3 is 0 Å². The number of nitrogens with zero attached hydrogens (tertiary/aromatic N) is 4. The van der Waals surface area contributed by atoms with Gasteiger partial charge in [0.1, 0.15) is 5.82 Å². The zero-order chi connectivity index (χ0) is 21.9. The predicted molar refractivity (Wildman–Crippen MR) is 122 cm³/mol. The number of hydrogen-bond donors (Lipinski definition) is 1. The average molecular weight is 436 g/mol. The van der Waals surface area contributed by atoms with Crippen LogP contribution in [0.15, 0.2) is 29.3 Å². The lowest BCUT2D eigenvalue weighted by Gasteiger charge is -2.36. The maximum absolute atomic E-state index is 13.1. The van der Waals surface area contributed by atoms with Gasteiger partial charge in [-0.25, -0.2) is 4.98 Å². The van der Waals surface area contributed by atoms with E-state index in [2.05, 4.69) is 20.9 Å². The fraction of sp³-hybridized carbons (Fsp3) is 0.600. The first-order valence-corrected chi connectivity index (χ1v) is 12.2. The molecule has 1 amide bonds. The summed E-state index contributed by atoms with van der Waals surface area (Å²) in [4.78, 5) is 42.6. The maximum Gasteiger partial charge on any atom is 0.255 e. The first-order valence-electron chi connectivity index (χ1n) is 12.2. The van der Waals surface area contributed by atoms with Crippen molar-refractivity contribution < 1.29 is 4.79 Å². The van der Waals surface area contributed by atoms with Crippen LogP contribution in [0.25, 0.3) is 0 Å². The summed E-state index contributed by atoms with van der Waals surface area (Å²) in [5.74, 6) is 1.46. The van der Waals surface area contributed by atoms with Crippen LogP contribution in [0.1, 0.15) is 80.1 Å². The maximum atomic E-state index is 13.1. The van der Waals surface area contributed by atoms with Crippen LogP contribution in [0.4, 0.5) is 0 Å². The summed E-state index contributed by atoms with van der Waals surface area (Å²) in [7, 11) is 0. The van der Waals surface area contributed by atoms with Crippen molar-refractivity contribution in [2.75, 3.05) is 13.1 Å². The van der Waals surface area contributed by atoms with Gasteiger partial charge in [0.15, 0.2) is 0 Å². The summed E-state index contributed by atoms with van der Waals surface area (Å²) in [6.45, 7) is 3.02. The van der Waals surface area contributed by atoms with Gasteiger partial charge in [-0.2, -0.15) is 0 Å². The van der Waals surface area contributed by atoms with Crippen LogP contribution in [-0.4, -0.2) is 43.7 Å². The third-order valence-electron chi connectivity index (χ3n) is 7.37. The van der Waals surface area contributed by atoms with Crippen molar-refractivity contribution in [1.29, 1.82) is 0 Å². The molecule has 7 nitrogen and oxygen atoms in total. The summed E-state index contributed by atoms with van der Waals surface area (Å²) < 4.78 is 0. The van der Waals surface area contributed by atoms with Gasteiger partial charge in [0.2, 0.25) is 5.91 Å². The summed E-state index contributed by atoms with van der Waals surface area (Å²) >= 11 is 0. The van der Waals surface area contributed by atoms with Crippen LogP contribution in [-0.2, 0) is 24.3 Å². The van der Waals surface area contributed by atoms with Crippen molar-refractivity contribution in [3.8, 4) is 0 Å². The molecule has 0 spiro atoms. The number of likely N-dealkylation sites (tertiary alicyclic amines) is 1. The Morgan fingerprint density at radius 1 is 1.12 bits per heavy atom. The molecule has 5 rings (SSSR count). The summed E-state index contributed by atoms with van der Waals surface area (Å²) in [6.07, 6.45) is 12.9. The molecule has 1 aliphatic carbocycles. The van der Waals surface area contributed by atoms with E-state index in [4.69, 9.17) is 4.98 Å². The third-order valence-corrected chi connectivity index (χ3v) is 7.37. The monoisotopic (exact) mass is 435 g/mol. The molecular formula is C25H33N5O2. The number of aromatic amines is 1. The highest BCUT2D eigenvalue weighted by Crippen LogP contribution is 2.33. The molecule has 2 aromatic rings. The van der Waals surface area contributed by atoms with E-state index < -0.39 is 0 Å². The Balaban J connectivity index is 1.32. The van der Waals surface area contributed by atoms with Gasteiger partial charge in [0.25, 0.3) is 5.56 Å². The van der Waals surface area contributed by atoms with Crippen LogP contribution in [0.3, 0.4) is 0 Å². The molecule has 0 bridgehead atoms. The molecule has 7 heteroatoms. The SMILES string of the molecule is O=C(CC1CCCC1)N1CCCCC1c1nc2c(c(=O)[nH]1)CN(Cc1cccnc1)CC2. The lowest BCUT2D eigenvalue weighted by atomic mass is 9.97. The average Bonchev–Trinajstić information content (AvgIpc) is 3.33. The third kappa shape index (κ3) is 4.63. The standard InChI is InChI=1S/C25H33N5O2/c31-23(14-18-6-1-2-7-18)30-12-4-3-9-22(30)24-27-21-10-13-29(17-20(21)25(32)28-24)16-19-8-5-11-26-15-19/h5,8,11,15,18,22H,1-4,6-7,9-10,12-14,16-17H2,(H,27,28,32). The normalized spacial score (nSPS) is 22.1. The zero-order valence-corrected chi connectivity index (χ0v) is 18.8. The van der Waals surface area contributed by atoms with Crippen molar-refractivity contribution in [3.05, 3.63) is 57.5 Å². The lowest BCUT2D eigenvalue weighted by molar-refractivity contribution is -0.136. The van der Waals surface area contributed by atoms with Gasteiger partial charge in [0, 0.05) is 51.4 Å². The molecule has 1 saturated carbocycles. The number of H-pyrrole nitrogens is 1. The summed E-state index contributed by atoms with van der Waals surface area (Å²) in [6, 6.07) is 3.91.